The number of nitrogens with zero attached hydrogens (tertiary/aromatic N) is 2. The Bertz CT molecular complexity index is 706. The molecule has 21 heavy (non-hydrogen) atoms. The number of aliphatic hydroxyl groups is 1. The topological polar surface area (TPSA) is 104 Å². The van der Waals surface area contributed by atoms with Crippen molar-refractivity contribution in [2.75, 3.05) is 0 Å². The number of imidazole rings is 1. The number of aliphatic hydroxyl groups excluding tert-OH is 1. The lowest BCUT2D eigenvalue weighted by molar-refractivity contribution is -0.141. The molecule has 2 unspecified atom stereocenters. The SMILES string of the molecule is Cc1ccn2c(C(=O)NC(C(=O)O)C(C)O)c(C)nc2c1. The van der Waals surface area contributed by atoms with E-state index in [9.17, 15) is 14.7 Å². The van der Waals surface area contributed by atoms with Gasteiger partial charge in [0.15, 0.2) is 6.04 Å². The van der Waals surface area contributed by atoms with Gasteiger partial charge in [0.1, 0.15) is 11.3 Å². The van der Waals surface area contributed by atoms with E-state index in [1.165, 1.54) is 6.92 Å². The molecule has 2 aromatic rings. The molecule has 0 aliphatic carbocycles. The summed E-state index contributed by atoms with van der Waals surface area (Å²) in [6.45, 7) is 4.90. The second kappa shape index (κ2) is 5.53. The Morgan fingerprint density at radius 2 is 2.05 bits per heavy atom. The standard InChI is InChI=1S/C14H17N3O4/c1-7-4-5-17-10(6-7)15-8(2)12(17)13(19)16-11(9(3)18)14(20)21/h4-6,9,11,18H,1-3H3,(H,16,19)(H,20,21). The molecule has 2 atom stereocenters. The number of carboxylic acids is 1. The predicted octanol–water partition coefficient (Wildman–Crippen LogP) is 0.515. The molecular formula is C14H17N3O4. The zero-order valence-electron chi connectivity index (χ0n) is 12.0. The fourth-order valence-electron chi connectivity index (χ4n) is 2.14. The van der Waals surface area contributed by atoms with Gasteiger partial charge in [-0.15, -0.1) is 0 Å². The van der Waals surface area contributed by atoms with Crippen molar-refractivity contribution in [2.45, 2.75) is 32.9 Å². The molecule has 1 amide bonds. The van der Waals surface area contributed by atoms with E-state index < -0.39 is 24.0 Å². The van der Waals surface area contributed by atoms with Crippen LogP contribution in [0.1, 0.15) is 28.7 Å². The van der Waals surface area contributed by atoms with Crippen molar-refractivity contribution < 1.29 is 19.8 Å². The van der Waals surface area contributed by atoms with Gasteiger partial charge in [0, 0.05) is 6.20 Å². The molecule has 0 fully saturated rings. The number of aromatic nitrogens is 2. The van der Waals surface area contributed by atoms with Crippen LogP contribution in [0.5, 0.6) is 0 Å². The van der Waals surface area contributed by atoms with Crippen LogP contribution in [0.2, 0.25) is 0 Å². The Morgan fingerprint density at radius 3 is 2.62 bits per heavy atom. The monoisotopic (exact) mass is 291 g/mol. The summed E-state index contributed by atoms with van der Waals surface area (Å²) in [4.78, 5) is 27.6. The highest BCUT2D eigenvalue weighted by Crippen LogP contribution is 2.14. The van der Waals surface area contributed by atoms with E-state index in [2.05, 4.69) is 10.3 Å². The number of hydrogen-bond acceptors (Lipinski definition) is 4. The summed E-state index contributed by atoms with van der Waals surface area (Å²) in [6.07, 6.45) is 0.505. The lowest BCUT2D eigenvalue weighted by atomic mass is 10.1. The highest BCUT2D eigenvalue weighted by molar-refractivity contribution is 5.97. The van der Waals surface area contributed by atoms with E-state index in [1.54, 1.807) is 17.5 Å². The van der Waals surface area contributed by atoms with Crippen LogP contribution in [0.25, 0.3) is 5.65 Å². The fraction of sp³-hybridized carbons (Fsp3) is 0.357. The minimum absolute atomic E-state index is 0.261. The van der Waals surface area contributed by atoms with Crippen LogP contribution in [0.3, 0.4) is 0 Å². The molecule has 2 aromatic heterocycles. The van der Waals surface area contributed by atoms with Gasteiger partial charge in [-0.25, -0.2) is 9.78 Å². The lowest BCUT2D eigenvalue weighted by Crippen LogP contribution is -2.48. The minimum Gasteiger partial charge on any atom is -0.480 e. The largest absolute Gasteiger partial charge is 0.480 e. The highest BCUT2D eigenvalue weighted by atomic mass is 16.4. The molecule has 112 valence electrons. The zero-order chi connectivity index (χ0) is 15.7. The molecule has 7 heteroatoms. The number of hydrogen-bond donors (Lipinski definition) is 3. The zero-order valence-corrected chi connectivity index (χ0v) is 12.0. The number of carbonyl (C=O) groups is 2. The van der Waals surface area contributed by atoms with Crippen molar-refractivity contribution in [3.05, 3.63) is 35.3 Å². The Hall–Kier alpha value is -2.41. The molecule has 2 heterocycles. The summed E-state index contributed by atoms with van der Waals surface area (Å²) in [7, 11) is 0. The third-order valence-electron chi connectivity index (χ3n) is 3.21. The Kier molecular flexibility index (Phi) is 3.95. The maximum atomic E-state index is 12.3. The first-order valence-electron chi connectivity index (χ1n) is 6.48. The van der Waals surface area contributed by atoms with Crippen molar-refractivity contribution in [3.63, 3.8) is 0 Å². The summed E-state index contributed by atoms with van der Waals surface area (Å²) in [5, 5.41) is 20.8. The maximum Gasteiger partial charge on any atom is 0.328 e. The molecule has 0 saturated heterocycles. The van der Waals surface area contributed by atoms with E-state index in [0.717, 1.165) is 5.56 Å². The smallest absolute Gasteiger partial charge is 0.328 e. The second-order valence-corrected chi connectivity index (χ2v) is 5.01. The van der Waals surface area contributed by atoms with E-state index >= 15 is 0 Å². The van der Waals surface area contributed by atoms with E-state index in [0.29, 0.717) is 11.3 Å². The number of fused-ring (bicyclic) bond motifs is 1. The predicted molar refractivity (Wildman–Crippen MR) is 75.2 cm³/mol. The van der Waals surface area contributed by atoms with Gasteiger partial charge in [0.2, 0.25) is 0 Å². The van der Waals surface area contributed by atoms with Crippen LogP contribution in [0.4, 0.5) is 0 Å². The summed E-state index contributed by atoms with van der Waals surface area (Å²) in [5.74, 6) is -1.88. The van der Waals surface area contributed by atoms with Gasteiger partial charge in [0.25, 0.3) is 5.91 Å². The average Bonchev–Trinajstić information content (AvgIpc) is 2.69. The van der Waals surface area contributed by atoms with Crippen molar-refractivity contribution >= 4 is 17.5 Å². The highest BCUT2D eigenvalue weighted by Gasteiger charge is 2.27. The number of carbonyl (C=O) groups excluding carboxylic acids is 1. The molecule has 2 rings (SSSR count). The third kappa shape index (κ3) is 2.87. The third-order valence-corrected chi connectivity index (χ3v) is 3.21. The minimum atomic E-state index is -1.37. The fourth-order valence-corrected chi connectivity index (χ4v) is 2.14. The molecule has 3 N–H and O–H groups in total. The van der Waals surface area contributed by atoms with Crippen LogP contribution >= 0.6 is 0 Å². The van der Waals surface area contributed by atoms with Gasteiger partial charge in [-0.1, -0.05) is 0 Å². The van der Waals surface area contributed by atoms with Gasteiger partial charge in [-0.05, 0) is 38.5 Å². The number of amides is 1. The molecule has 0 aliphatic heterocycles. The summed E-state index contributed by atoms with van der Waals surface area (Å²) in [5.41, 5.74) is 2.37. The van der Waals surface area contributed by atoms with E-state index in [-0.39, 0.29) is 5.69 Å². The molecule has 7 nitrogen and oxygen atoms in total. The number of aryl methyl sites for hydroxylation is 2. The van der Waals surface area contributed by atoms with Gasteiger partial charge in [-0.2, -0.15) is 0 Å². The Labute approximate surface area is 121 Å². The van der Waals surface area contributed by atoms with E-state index in [4.69, 9.17) is 5.11 Å². The first-order valence-corrected chi connectivity index (χ1v) is 6.48. The van der Waals surface area contributed by atoms with Gasteiger partial charge in [0.05, 0.1) is 11.8 Å². The molecule has 0 radical (unpaired) electrons. The summed E-state index contributed by atoms with van der Waals surface area (Å²) in [6, 6.07) is 2.29. The van der Waals surface area contributed by atoms with Crippen molar-refractivity contribution in [1.82, 2.24) is 14.7 Å². The molecule has 0 aromatic carbocycles. The van der Waals surface area contributed by atoms with Gasteiger partial charge >= 0.3 is 5.97 Å². The molecular weight excluding hydrogens is 274 g/mol. The Balaban J connectivity index is 2.39. The van der Waals surface area contributed by atoms with Crippen LogP contribution in [0.15, 0.2) is 18.3 Å². The van der Waals surface area contributed by atoms with Crippen LogP contribution in [-0.2, 0) is 4.79 Å². The molecule has 0 spiro atoms. The number of rotatable bonds is 4. The van der Waals surface area contributed by atoms with Crippen LogP contribution in [-0.4, -0.2) is 43.6 Å². The number of carboxylic acid groups (broad SMARTS) is 1. The van der Waals surface area contributed by atoms with Crippen LogP contribution < -0.4 is 5.32 Å². The number of aliphatic carboxylic acids is 1. The van der Waals surface area contributed by atoms with Gasteiger partial charge < -0.3 is 15.5 Å². The average molecular weight is 291 g/mol. The van der Waals surface area contributed by atoms with E-state index in [1.807, 2.05) is 19.1 Å². The molecule has 0 aliphatic rings. The van der Waals surface area contributed by atoms with Crippen molar-refractivity contribution in [1.29, 1.82) is 0 Å². The maximum absolute atomic E-state index is 12.3. The number of nitrogens with one attached hydrogen (secondary N) is 1. The quantitative estimate of drug-likeness (QED) is 0.761. The number of pyridine rings is 1. The van der Waals surface area contributed by atoms with Gasteiger partial charge in [-0.3, -0.25) is 9.20 Å². The van der Waals surface area contributed by atoms with Crippen molar-refractivity contribution in [2.24, 2.45) is 0 Å². The first-order chi connectivity index (χ1) is 9.81. The normalized spacial score (nSPS) is 13.9. The van der Waals surface area contributed by atoms with Crippen molar-refractivity contribution in [3.8, 4) is 0 Å². The van der Waals surface area contributed by atoms with Crippen LogP contribution in [0, 0.1) is 13.8 Å². The summed E-state index contributed by atoms with van der Waals surface area (Å²) >= 11 is 0. The lowest BCUT2D eigenvalue weighted by Gasteiger charge is -2.17. The molecule has 0 bridgehead atoms. The summed E-state index contributed by atoms with van der Waals surface area (Å²) < 4.78 is 1.60. The Morgan fingerprint density at radius 1 is 1.38 bits per heavy atom. The first kappa shape index (κ1) is 15.0. The molecule has 0 saturated carbocycles. The second-order valence-electron chi connectivity index (χ2n) is 5.01.